The van der Waals surface area contributed by atoms with Crippen molar-refractivity contribution in [2.45, 2.75) is 20.8 Å². The number of aryl methyl sites for hydroxylation is 1. The molecule has 0 unspecified atom stereocenters. The minimum Gasteiger partial charge on any atom is -0.329 e. The molecule has 0 aliphatic carbocycles. The van der Waals surface area contributed by atoms with Crippen molar-refractivity contribution in [3.05, 3.63) is 34.9 Å². The van der Waals surface area contributed by atoms with Gasteiger partial charge in [0.15, 0.2) is 17.4 Å². The normalized spacial score (nSPS) is 11.6. The van der Waals surface area contributed by atoms with E-state index in [4.69, 9.17) is 5.73 Å². The molecule has 4 heteroatoms. The predicted octanol–water partition coefficient (Wildman–Crippen LogP) is 2.44. The number of hydrogen-bond acceptors (Lipinski definition) is 2. The number of Topliss-reactive ketones (excluding diaryl/α,β-unsaturated/α-hetero) is 1. The number of carbonyl (C=O) groups is 1. The second-order valence-corrected chi connectivity index (χ2v) is 4.48. The Morgan fingerprint density at radius 2 is 1.88 bits per heavy atom. The van der Waals surface area contributed by atoms with Crippen molar-refractivity contribution in [2.75, 3.05) is 6.54 Å². The van der Waals surface area contributed by atoms with Crippen molar-refractivity contribution in [1.82, 2.24) is 0 Å². The molecule has 1 aromatic carbocycles. The van der Waals surface area contributed by atoms with Gasteiger partial charge in [0.25, 0.3) is 0 Å². The molecule has 0 bridgehead atoms. The zero-order chi connectivity index (χ0) is 12.5. The highest BCUT2D eigenvalue weighted by atomic mass is 19.2. The fourth-order valence-electron chi connectivity index (χ4n) is 1.28. The lowest BCUT2D eigenvalue weighted by molar-refractivity contribution is 0.0842. The Balaban J connectivity index is 3.26. The lowest BCUT2D eigenvalue weighted by Crippen LogP contribution is -2.33. The Morgan fingerprint density at radius 1 is 1.31 bits per heavy atom. The number of benzene rings is 1. The molecule has 0 aliphatic heterocycles. The summed E-state index contributed by atoms with van der Waals surface area (Å²) in [4.78, 5) is 11.9. The van der Waals surface area contributed by atoms with Crippen LogP contribution in [0.4, 0.5) is 8.78 Å². The average molecular weight is 227 g/mol. The molecule has 1 aromatic rings. The van der Waals surface area contributed by atoms with Gasteiger partial charge in [-0.25, -0.2) is 8.78 Å². The summed E-state index contributed by atoms with van der Waals surface area (Å²) in [6, 6.07) is 2.69. The van der Waals surface area contributed by atoms with Crippen LogP contribution in [0.15, 0.2) is 12.1 Å². The summed E-state index contributed by atoms with van der Waals surface area (Å²) in [5.41, 5.74) is 4.48. The molecule has 2 nitrogen and oxygen atoms in total. The summed E-state index contributed by atoms with van der Waals surface area (Å²) < 4.78 is 26.8. The summed E-state index contributed by atoms with van der Waals surface area (Å²) in [6.45, 7) is 4.74. The van der Waals surface area contributed by atoms with Crippen molar-refractivity contribution in [3.8, 4) is 0 Å². The van der Waals surface area contributed by atoms with Gasteiger partial charge in [-0.2, -0.15) is 0 Å². The molecule has 0 spiro atoms. The highest BCUT2D eigenvalue weighted by Gasteiger charge is 2.30. The molecule has 0 fully saturated rings. The van der Waals surface area contributed by atoms with Gasteiger partial charge in [0.05, 0.1) is 5.56 Å². The van der Waals surface area contributed by atoms with Gasteiger partial charge in [-0.1, -0.05) is 19.9 Å². The third-order valence-electron chi connectivity index (χ3n) is 2.65. The Kier molecular flexibility index (Phi) is 3.43. The number of hydrogen-bond donors (Lipinski definition) is 1. The SMILES string of the molecule is Cc1ccc(C(=O)C(C)(C)CN)c(F)c1F. The first kappa shape index (κ1) is 12.8. The lowest BCUT2D eigenvalue weighted by atomic mass is 9.84. The molecule has 0 atom stereocenters. The molecule has 2 N–H and O–H groups in total. The first-order chi connectivity index (χ1) is 7.31. The van der Waals surface area contributed by atoms with E-state index in [1.54, 1.807) is 13.8 Å². The van der Waals surface area contributed by atoms with Crippen LogP contribution in [0, 0.1) is 24.0 Å². The van der Waals surface area contributed by atoms with E-state index >= 15 is 0 Å². The molecule has 16 heavy (non-hydrogen) atoms. The van der Waals surface area contributed by atoms with E-state index in [0.29, 0.717) is 0 Å². The van der Waals surface area contributed by atoms with Crippen molar-refractivity contribution >= 4 is 5.78 Å². The summed E-state index contributed by atoms with van der Waals surface area (Å²) >= 11 is 0. The Morgan fingerprint density at radius 3 is 2.38 bits per heavy atom. The van der Waals surface area contributed by atoms with Crippen LogP contribution < -0.4 is 5.73 Å². The zero-order valence-electron chi connectivity index (χ0n) is 9.60. The zero-order valence-corrected chi connectivity index (χ0v) is 9.60. The van der Waals surface area contributed by atoms with Crippen molar-refractivity contribution in [3.63, 3.8) is 0 Å². The van der Waals surface area contributed by atoms with Crippen molar-refractivity contribution in [2.24, 2.45) is 11.1 Å². The molecule has 0 saturated heterocycles. The van der Waals surface area contributed by atoms with E-state index in [0.717, 1.165) is 0 Å². The number of rotatable bonds is 3. The van der Waals surface area contributed by atoms with Gasteiger partial charge in [0.1, 0.15) is 0 Å². The van der Waals surface area contributed by atoms with Gasteiger partial charge < -0.3 is 5.73 Å². The molecule has 0 aromatic heterocycles. The van der Waals surface area contributed by atoms with E-state index in [2.05, 4.69) is 0 Å². The van der Waals surface area contributed by atoms with Crippen LogP contribution in [0.5, 0.6) is 0 Å². The minimum atomic E-state index is -1.09. The summed E-state index contributed by atoms with van der Waals surface area (Å²) in [7, 11) is 0. The molecule has 0 aliphatic rings. The van der Waals surface area contributed by atoms with Crippen LogP contribution in [-0.2, 0) is 0 Å². The van der Waals surface area contributed by atoms with Gasteiger partial charge >= 0.3 is 0 Å². The Hall–Kier alpha value is -1.29. The number of ketones is 1. The van der Waals surface area contributed by atoms with Crippen LogP contribution in [0.2, 0.25) is 0 Å². The maximum atomic E-state index is 13.5. The lowest BCUT2D eigenvalue weighted by Gasteiger charge is -2.21. The predicted molar refractivity (Wildman–Crippen MR) is 58.3 cm³/mol. The molecule has 0 heterocycles. The van der Waals surface area contributed by atoms with Crippen LogP contribution >= 0.6 is 0 Å². The standard InChI is InChI=1S/C12H15F2NO/c1-7-4-5-8(10(14)9(7)13)11(16)12(2,3)6-15/h4-5H,6,15H2,1-3H3. The van der Waals surface area contributed by atoms with Crippen molar-refractivity contribution in [1.29, 1.82) is 0 Å². The molecular weight excluding hydrogens is 212 g/mol. The smallest absolute Gasteiger partial charge is 0.172 e. The topological polar surface area (TPSA) is 43.1 Å². The van der Waals surface area contributed by atoms with E-state index in [-0.39, 0.29) is 17.7 Å². The van der Waals surface area contributed by atoms with Gasteiger partial charge in [-0.05, 0) is 18.6 Å². The van der Waals surface area contributed by atoms with Gasteiger partial charge in [0, 0.05) is 12.0 Å². The first-order valence-corrected chi connectivity index (χ1v) is 5.00. The second-order valence-electron chi connectivity index (χ2n) is 4.48. The molecule has 1 rings (SSSR count). The summed E-state index contributed by atoms with van der Waals surface area (Å²) in [5, 5.41) is 0. The highest BCUT2D eigenvalue weighted by Crippen LogP contribution is 2.24. The molecule has 88 valence electrons. The third-order valence-corrected chi connectivity index (χ3v) is 2.65. The third kappa shape index (κ3) is 2.11. The van der Waals surface area contributed by atoms with E-state index < -0.39 is 22.8 Å². The Bertz CT molecular complexity index is 427. The molecule has 0 radical (unpaired) electrons. The number of nitrogens with two attached hydrogens (primary N) is 1. The monoisotopic (exact) mass is 227 g/mol. The maximum Gasteiger partial charge on any atom is 0.172 e. The van der Waals surface area contributed by atoms with Gasteiger partial charge in [-0.3, -0.25) is 4.79 Å². The quantitative estimate of drug-likeness (QED) is 0.806. The van der Waals surface area contributed by atoms with Gasteiger partial charge in [-0.15, -0.1) is 0 Å². The van der Waals surface area contributed by atoms with Crippen LogP contribution in [0.1, 0.15) is 29.8 Å². The number of carbonyl (C=O) groups excluding carboxylic acids is 1. The fourth-order valence-corrected chi connectivity index (χ4v) is 1.28. The highest BCUT2D eigenvalue weighted by molar-refractivity contribution is 6.00. The van der Waals surface area contributed by atoms with Crippen molar-refractivity contribution < 1.29 is 13.6 Å². The molecule has 0 amide bonds. The largest absolute Gasteiger partial charge is 0.329 e. The molecular formula is C12H15F2NO. The van der Waals surface area contributed by atoms with Gasteiger partial charge in [0.2, 0.25) is 0 Å². The second kappa shape index (κ2) is 4.29. The number of halogens is 2. The summed E-state index contributed by atoms with van der Waals surface area (Å²) in [5.74, 6) is -2.54. The van der Waals surface area contributed by atoms with Crippen LogP contribution in [0.3, 0.4) is 0 Å². The summed E-state index contributed by atoms with van der Waals surface area (Å²) in [6.07, 6.45) is 0. The van der Waals surface area contributed by atoms with E-state index in [9.17, 15) is 13.6 Å². The van der Waals surface area contributed by atoms with E-state index in [1.165, 1.54) is 19.1 Å². The van der Waals surface area contributed by atoms with E-state index in [1.807, 2.05) is 0 Å². The maximum absolute atomic E-state index is 13.5. The van der Waals surface area contributed by atoms with Crippen LogP contribution in [0.25, 0.3) is 0 Å². The minimum absolute atomic E-state index is 0.0841. The average Bonchev–Trinajstić information content (AvgIpc) is 2.25. The molecule has 0 saturated carbocycles. The van der Waals surface area contributed by atoms with Crippen LogP contribution in [-0.4, -0.2) is 12.3 Å². The fraction of sp³-hybridized carbons (Fsp3) is 0.417. The Labute approximate surface area is 93.5 Å². The first-order valence-electron chi connectivity index (χ1n) is 5.00.